The Morgan fingerprint density at radius 1 is 1.17 bits per heavy atom. The largest absolute Gasteiger partial charge is 0.332 e. The lowest BCUT2D eigenvalue weighted by Gasteiger charge is -2.18. The first-order valence-electron chi connectivity index (χ1n) is 6.94. The van der Waals surface area contributed by atoms with Crippen molar-refractivity contribution in [2.75, 3.05) is 18.9 Å². The average molecular weight is 443 g/mol. The third-order valence-electron chi connectivity index (χ3n) is 3.22. The van der Waals surface area contributed by atoms with E-state index in [-0.39, 0.29) is 18.4 Å². The molecule has 6 heteroatoms. The Labute approximate surface area is 154 Å². The summed E-state index contributed by atoms with van der Waals surface area (Å²) in [5.74, 6) is -0.488. The number of aryl methyl sites for hydroxylation is 1. The van der Waals surface area contributed by atoms with Gasteiger partial charge in [0.1, 0.15) is 0 Å². The Morgan fingerprint density at radius 3 is 2.48 bits per heavy atom. The van der Waals surface area contributed by atoms with E-state index in [4.69, 9.17) is 11.6 Å². The molecule has 23 heavy (non-hydrogen) atoms. The first kappa shape index (κ1) is 17.7. The smallest absolute Gasteiger partial charge is 0.255 e. The van der Waals surface area contributed by atoms with Crippen LogP contribution in [0, 0.1) is 10.5 Å². The summed E-state index contributed by atoms with van der Waals surface area (Å²) in [5, 5.41) is 3.26. The zero-order valence-electron chi connectivity index (χ0n) is 12.8. The van der Waals surface area contributed by atoms with Crippen molar-refractivity contribution in [3.05, 3.63) is 62.2 Å². The number of benzene rings is 2. The summed E-state index contributed by atoms with van der Waals surface area (Å²) in [4.78, 5) is 25.9. The monoisotopic (exact) mass is 442 g/mol. The molecule has 2 aromatic carbocycles. The minimum Gasteiger partial charge on any atom is -0.332 e. The number of halogens is 2. The summed E-state index contributed by atoms with van der Waals surface area (Å²) in [6.45, 7) is 1.94. The van der Waals surface area contributed by atoms with Crippen LogP contribution in [-0.4, -0.2) is 30.3 Å². The van der Waals surface area contributed by atoms with Crippen molar-refractivity contribution >= 4 is 51.7 Å². The Hall–Kier alpha value is -1.60. The van der Waals surface area contributed by atoms with Crippen LogP contribution in [0.1, 0.15) is 15.9 Å². The van der Waals surface area contributed by atoms with Crippen LogP contribution < -0.4 is 5.32 Å². The molecule has 120 valence electrons. The quantitative estimate of drug-likeness (QED) is 0.729. The van der Waals surface area contributed by atoms with E-state index in [1.165, 1.54) is 4.90 Å². The molecule has 1 N–H and O–H groups in total. The maximum atomic E-state index is 12.4. The zero-order valence-corrected chi connectivity index (χ0v) is 15.7. The van der Waals surface area contributed by atoms with Gasteiger partial charge in [-0.2, -0.15) is 0 Å². The lowest BCUT2D eigenvalue weighted by atomic mass is 10.2. The minimum atomic E-state index is -0.248. The second-order valence-corrected chi connectivity index (χ2v) is 6.80. The zero-order chi connectivity index (χ0) is 17.0. The van der Waals surface area contributed by atoms with E-state index in [1.54, 1.807) is 25.2 Å². The highest BCUT2D eigenvalue weighted by Gasteiger charge is 2.17. The predicted molar refractivity (Wildman–Crippen MR) is 101 cm³/mol. The molecule has 0 aliphatic heterocycles. The van der Waals surface area contributed by atoms with Crippen molar-refractivity contribution in [3.8, 4) is 0 Å². The van der Waals surface area contributed by atoms with Gasteiger partial charge in [-0.05, 0) is 59.8 Å². The van der Waals surface area contributed by atoms with Gasteiger partial charge in [-0.25, -0.2) is 0 Å². The van der Waals surface area contributed by atoms with Crippen molar-refractivity contribution in [1.82, 2.24) is 4.90 Å². The molecule has 0 unspecified atom stereocenters. The maximum absolute atomic E-state index is 12.4. The Balaban J connectivity index is 2.01. The summed E-state index contributed by atoms with van der Waals surface area (Å²) in [7, 11) is 1.59. The summed E-state index contributed by atoms with van der Waals surface area (Å²) < 4.78 is 0.794. The SMILES string of the molecule is Cc1ccc(NC(=O)CN(C)C(=O)c2cc(Cl)ccc2I)cc1. The summed E-state index contributed by atoms with van der Waals surface area (Å²) in [6, 6.07) is 12.6. The fourth-order valence-electron chi connectivity index (χ4n) is 1.99. The number of rotatable bonds is 4. The molecule has 0 bridgehead atoms. The lowest BCUT2D eigenvalue weighted by molar-refractivity contribution is -0.116. The van der Waals surface area contributed by atoms with Crippen molar-refractivity contribution in [2.45, 2.75) is 6.92 Å². The first-order chi connectivity index (χ1) is 10.9. The highest BCUT2D eigenvalue weighted by molar-refractivity contribution is 14.1. The van der Waals surface area contributed by atoms with Crippen molar-refractivity contribution in [1.29, 1.82) is 0 Å². The molecule has 0 aliphatic carbocycles. The number of anilines is 1. The molecule has 2 amide bonds. The van der Waals surface area contributed by atoms with Gasteiger partial charge in [0, 0.05) is 21.3 Å². The van der Waals surface area contributed by atoms with Gasteiger partial charge in [0.15, 0.2) is 0 Å². The molecule has 0 aliphatic rings. The standard InChI is InChI=1S/C17H16ClIN2O2/c1-11-3-6-13(7-4-11)20-16(22)10-21(2)17(23)14-9-12(18)5-8-15(14)19/h3-9H,10H2,1-2H3,(H,20,22). The molecule has 0 radical (unpaired) electrons. The number of amides is 2. The van der Waals surface area contributed by atoms with Crippen LogP contribution >= 0.6 is 34.2 Å². The van der Waals surface area contributed by atoms with Crippen LogP contribution in [0.15, 0.2) is 42.5 Å². The predicted octanol–water partition coefficient (Wildman–Crippen LogP) is 3.96. The molecule has 4 nitrogen and oxygen atoms in total. The van der Waals surface area contributed by atoms with Crippen LogP contribution in [0.3, 0.4) is 0 Å². The van der Waals surface area contributed by atoms with Crippen LogP contribution in [-0.2, 0) is 4.79 Å². The van der Waals surface area contributed by atoms with Gasteiger partial charge >= 0.3 is 0 Å². The van der Waals surface area contributed by atoms with Crippen LogP contribution in [0.25, 0.3) is 0 Å². The van der Waals surface area contributed by atoms with Gasteiger partial charge in [-0.15, -0.1) is 0 Å². The molecule has 0 saturated carbocycles. The number of carbonyl (C=O) groups excluding carboxylic acids is 2. The molecular weight excluding hydrogens is 427 g/mol. The molecule has 0 atom stereocenters. The molecular formula is C17H16ClIN2O2. The lowest BCUT2D eigenvalue weighted by Crippen LogP contribution is -2.35. The molecule has 2 rings (SSSR count). The second kappa shape index (κ2) is 7.79. The fraction of sp³-hybridized carbons (Fsp3) is 0.176. The first-order valence-corrected chi connectivity index (χ1v) is 8.39. The van der Waals surface area contributed by atoms with Gasteiger partial charge in [-0.1, -0.05) is 29.3 Å². The normalized spacial score (nSPS) is 10.3. The third kappa shape index (κ3) is 4.94. The van der Waals surface area contributed by atoms with Crippen molar-refractivity contribution < 1.29 is 9.59 Å². The molecule has 0 aromatic heterocycles. The highest BCUT2D eigenvalue weighted by atomic mass is 127. The average Bonchev–Trinajstić information content (AvgIpc) is 2.51. The molecule has 0 fully saturated rings. The fourth-order valence-corrected chi connectivity index (χ4v) is 2.73. The van der Waals surface area contributed by atoms with Gasteiger partial charge in [0.05, 0.1) is 12.1 Å². The maximum Gasteiger partial charge on any atom is 0.255 e. The van der Waals surface area contributed by atoms with Crippen molar-refractivity contribution in [3.63, 3.8) is 0 Å². The summed E-state index contributed by atoms with van der Waals surface area (Å²) in [5.41, 5.74) is 2.31. The van der Waals surface area contributed by atoms with Crippen molar-refractivity contribution in [2.24, 2.45) is 0 Å². The van der Waals surface area contributed by atoms with Gasteiger partial charge in [0.2, 0.25) is 5.91 Å². The molecule has 0 spiro atoms. The van der Waals surface area contributed by atoms with Gasteiger partial charge < -0.3 is 10.2 Å². The topological polar surface area (TPSA) is 49.4 Å². The van der Waals surface area contributed by atoms with E-state index in [9.17, 15) is 9.59 Å². The van der Waals surface area contributed by atoms with Gasteiger partial charge in [0.25, 0.3) is 5.91 Å². The Morgan fingerprint density at radius 2 is 1.83 bits per heavy atom. The number of hydrogen-bond donors (Lipinski definition) is 1. The number of nitrogens with one attached hydrogen (secondary N) is 1. The van der Waals surface area contributed by atoms with E-state index in [1.807, 2.05) is 31.2 Å². The Kier molecular flexibility index (Phi) is 6.01. The number of hydrogen-bond acceptors (Lipinski definition) is 2. The van der Waals surface area contributed by atoms with Crippen LogP contribution in [0.5, 0.6) is 0 Å². The van der Waals surface area contributed by atoms with E-state index >= 15 is 0 Å². The highest BCUT2D eigenvalue weighted by Crippen LogP contribution is 2.19. The number of nitrogens with zero attached hydrogens (tertiary/aromatic N) is 1. The minimum absolute atomic E-state index is 0.0324. The summed E-state index contributed by atoms with van der Waals surface area (Å²) >= 11 is 8.01. The number of likely N-dealkylation sites (N-methyl/N-ethyl adjacent to an activating group) is 1. The second-order valence-electron chi connectivity index (χ2n) is 5.20. The van der Waals surface area contributed by atoms with Crippen LogP contribution in [0.2, 0.25) is 5.02 Å². The van der Waals surface area contributed by atoms with E-state index in [2.05, 4.69) is 27.9 Å². The van der Waals surface area contributed by atoms with E-state index in [0.29, 0.717) is 16.3 Å². The molecule has 0 heterocycles. The Bertz CT molecular complexity index is 732. The van der Waals surface area contributed by atoms with E-state index in [0.717, 1.165) is 9.13 Å². The van der Waals surface area contributed by atoms with Gasteiger partial charge in [-0.3, -0.25) is 9.59 Å². The number of carbonyl (C=O) groups is 2. The third-order valence-corrected chi connectivity index (χ3v) is 4.40. The summed E-state index contributed by atoms with van der Waals surface area (Å²) in [6.07, 6.45) is 0. The van der Waals surface area contributed by atoms with Crippen LogP contribution in [0.4, 0.5) is 5.69 Å². The molecule has 0 saturated heterocycles. The van der Waals surface area contributed by atoms with E-state index < -0.39 is 0 Å². The molecule has 2 aromatic rings.